The minimum absolute atomic E-state index is 0.0602. The first-order chi connectivity index (χ1) is 23.5. The number of carbonyl (C=O) groups is 3. The molecular weight excluding hydrogens is 624 g/mol. The zero-order valence-corrected chi connectivity index (χ0v) is 27.2. The van der Waals surface area contributed by atoms with E-state index in [4.69, 9.17) is 39.6 Å². The number of amides is 2. The molecule has 0 radical (unpaired) electrons. The molecule has 262 valence electrons. The quantitative estimate of drug-likeness (QED) is 0.0998. The molecule has 2 aromatic carbocycles. The van der Waals surface area contributed by atoms with Gasteiger partial charge in [0.2, 0.25) is 5.91 Å². The Bertz CT molecular complexity index is 1250. The van der Waals surface area contributed by atoms with Gasteiger partial charge in [0, 0.05) is 18.9 Å². The summed E-state index contributed by atoms with van der Waals surface area (Å²) in [6.07, 6.45) is 4.05. The summed E-state index contributed by atoms with van der Waals surface area (Å²) >= 11 is 0. The van der Waals surface area contributed by atoms with Crippen molar-refractivity contribution in [3.05, 3.63) is 59.7 Å². The summed E-state index contributed by atoms with van der Waals surface area (Å²) in [5, 5.41) is 14.6. The van der Waals surface area contributed by atoms with Gasteiger partial charge in [0.05, 0.1) is 72.7 Å². The van der Waals surface area contributed by atoms with Gasteiger partial charge in [-0.1, -0.05) is 54.5 Å². The monoisotopic (exact) mass is 670 g/mol. The fourth-order valence-corrected chi connectivity index (χ4v) is 4.90. The van der Waals surface area contributed by atoms with Gasteiger partial charge in [0.25, 0.3) is 0 Å². The molecular formula is C35H46N2O11. The van der Waals surface area contributed by atoms with Gasteiger partial charge in [0.1, 0.15) is 19.3 Å². The lowest BCUT2D eigenvalue weighted by Crippen LogP contribution is -2.42. The number of aliphatic carboxylic acids is 1. The number of nitrogens with one attached hydrogen (secondary N) is 2. The van der Waals surface area contributed by atoms with Crippen molar-refractivity contribution in [2.24, 2.45) is 0 Å². The molecule has 3 N–H and O–H groups in total. The Morgan fingerprint density at radius 1 is 0.729 bits per heavy atom. The summed E-state index contributed by atoms with van der Waals surface area (Å²) in [7, 11) is 0. The first kappa shape index (κ1) is 38.4. The van der Waals surface area contributed by atoms with Crippen LogP contribution in [0, 0.1) is 12.3 Å². The number of carboxylic acid groups (broad SMARTS) is 1. The summed E-state index contributed by atoms with van der Waals surface area (Å²) in [5.74, 6) is 0.631. The lowest BCUT2D eigenvalue weighted by molar-refractivity contribution is -0.139. The topological polar surface area (TPSA) is 160 Å². The van der Waals surface area contributed by atoms with Crippen LogP contribution in [0.25, 0.3) is 11.1 Å². The smallest absolute Gasteiger partial charge is 0.407 e. The summed E-state index contributed by atoms with van der Waals surface area (Å²) in [6.45, 7) is 5.20. The molecule has 13 nitrogen and oxygen atoms in total. The molecule has 1 aliphatic carbocycles. The highest BCUT2D eigenvalue weighted by Gasteiger charge is 2.29. The van der Waals surface area contributed by atoms with Crippen LogP contribution in [0.4, 0.5) is 4.79 Å². The Balaban J connectivity index is 1.15. The molecule has 0 heterocycles. The van der Waals surface area contributed by atoms with Crippen LogP contribution >= 0.6 is 0 Å². The average molecular weight is 671 g/mol. The molecule has 2 amide bonds. The van der Waals surface area contributed by atoms with E-state index in [0.717, 1.165) is 22.3 Å². The molecule has 13 heteroatoms. The normalized spacial score (nSPS) is 12.5. The number of carbonyl (C=O) groups excluding carboxylic acids is 2. The van der Waals surface area contributed by atoms with Gasteiger partial charge in [0.15, 0.2) is 0 Å². The number of hydrogen-bond donors (Lipinski definition) is 3. The van der Waals surface area contributed by atoms with Crippen molar-refractivity contribution in [1.82, 2.24) is 10.6 Å². The Morgan fingerprint density at radius 3 is 1.71 bits per heavy atom. The van der Waals surface area contributed by atoms with Crippen molar-refractivity contribution < 1.29 is 52.6 Å². The fourth-order valence-electron chi connectivity index (χ4n) is 4.90. The third kappa shape index (κ3) is 14.4. The lowest BCUT2D eigenvalue weighted by atomic mass is 9.98. The number of terminal acetylenes is 1. The summed E-state index contributed by atoms with van der Waals surface area (Å²) in [4.78, 5) is 36.4. The van der Waals surface area contributed by atoms with Crippen molar-refractivity contribution in [1.29, 1.82) is 0 Å². The van der Waals surface area contributed by atoms with E-state index in [1.165, 1.54) is 0 Å². The van der Waals surface area contributed by atoms with Gasteiger partial charge in [-0.2, -0.15) is 0 Å². The maximum atomic E-state index is 12.5. The maximum Gasteiger partial charge on any atom is 0.407 e. The Labute approximate surface area is 281 Å². The average Bonchev–Trinajstić information content (AvgIpc) is 3.41. The second-order valence-corrected chi connectivity index (χ2v) is 10.6. The molecule has 0 spiro atoms. The van der Waals surface area contributed by atoms with Crippen LogP contribution in [0.1, 0.15) is 29.9 Å². The molecule has 0 fully saturated rings. The number of ether oxygens (including phenoxy) is 7. The predicted molar refractivity (Wildman–Crippen MR) is 176 cm³/mol. The summed E-state index contributed by atoms with van der Waals surface area (Å²) in [6, 6.07) is 14.6. The van der Waals surface area contributed by atoms with E-state index in [-0.39, 0.29) is 51.0 Å². The van der Waals surface area contributed by atoms with E-state index in [9.17, 15) is 19.5 Å². The molecule has 48 heavy (non-hydrogen) atoms. The molecule has 3 rings (SSSR count). The highest BCUT2D eigenvalue weighted by atomic mass is 16.6. The lowest BCUT2D eigenvalue weighted by Gasteiger charge is -2.17. The molecule has 2 aromatic rings. The van der Waals surface area contributed by atoms with Gasteiger partial charge in [-0.05, 0) is 28.7 Å². The van der Waals surface area contributed by atoms with Crippen molar-refractivity contribution in [3.63, 3.8) is 0 Å². The molecule has 1 aliphatic rings. The van der Waals surface area contributed by atoms with Crippen molar-refractivity contribution in [3.8, 4) is 23.5 Å². The zero-order valence-electron chi connectivity index (χ0n) is 27.2. The SMILES string of the molecule is C#CCOCCOCCOCCOCCOCCOCCNC(=O)CC[C@@H](NC(=O)OCC1c2ccccc2-c2ccccc21)C(=O)O. The fraction of sp³-hybridized carbons (Fsp3) is 0.514. The van der Waals surface area contributed by atoms with Crippen LogP contribution in [0.2, 0.25) is 0 Å². The van der Waals surface area contributed by atoms with Gasteiger partial charge in [-0.25, -0.2) is 9.59 Å². The zero-order chi connectivity index (χ0) is 34.2. The summed E-state index contributed by atoms with van der Waals surface area (Å²) < 4.78 is 37.5. The van der Waals surface area contributed by atoms with E-state index >= 15 is 0 Å². The van der Waals surface area contributed by atoms with Gasteiger partial charge >= 0.3 is 12.1 Å². The van der Waals surface area contributed by atoms with Gasteiger partial charge in [-0.3, -0.25) is 4.79 Å². The number of rotatable bonds is 26. The van der Waals surface area contributed by atoms with E-state index in [1.54, 1.807) is 0 Å². The summed E-state index contributed by atoms with van der Waals surface area (Å²) in [5.41, 5.74) is 4.29. The van der Waals surface area contributed by atoms with Crippen molar-refractivity contribution in [2.45, 2.75) is 24.8 Å². The molecule has 0 saturated carbocycles. The van der Waals surface area contributed by atoms with Crippen LogP contribution in [0.15, 0.2) is 48.5 Å². The number of hydrogen-bond acceptors (Lipinski definition) is 10. The number of carboxylic acids is 1. The number of alkyl carbamates (subject to hydrolysis) is 1. The van der Waals surface area contributed by atoms with Gasteiger partial charge < -0.3 is 48.9 Å². The van der Waals surface area contributed by atoms with Crippen molar-refractivity contribution >= 4 is 18.0 Å². The second kappa shape index (κ2) is 23.3. The van der Waals surface area contributed by atoms with E-state index < -0.39 is 18.1 Å². The largest absolute Gasteiger partial charge is 0.480 e. The van der Waals surface area contributed by atoms with Crippen LogP contribution in [-0.4, -0.2) is 122 Å². The van der Waals surface area contributed by atoms with Crippen LogP contribution < -0.4 is 10.6 Å². The van der Waals surface area contributed by atoms with Crippen molar-refractivity contribution in [2.75, 3.05) is 92.4 Å². The Hall–Kier alpha value is -4.03. The third-order valence-corrected chi connectivity index (χ3v) is 7.21. The predicted octanol–water partition coefficient (Wildman–Crippen LogP) is 2.61. The highest BCUT2D eigenvalue weighted by Crippen LogP contribution is 2.44. The van der Waals surface area contributed by atoms with Crippen LogP contribution in [-0.2, 0) is 42.7 Å². The van der Waals surface area contributed by atoms with E-state index in [0.29, 0.717) is 66.1 Å². The standard InChI is InChI=1S/C35H46N2O11/c1-2-14-42-16-18-44-20-22-46-24-25-47-23-21-45-19-17-43-15-13-36-33(38)12-11-32(34(39)40)37-35(41)48-26-31-29-9-5-3-7-27(29)28-8-4-6-10-30(28)31/h1,3-10,31-32H,11-26H2,(H,36,38)(H,37,41)(H,39,40)/t32-/m1/s1. The minimum atomic E-state index is -1.27. The van der Waals surface area contributed by atoms with E-state index in [2.05, 4.69) is 16.6 Å². The van der Waals surface area contributed by atoms with E-state index in [1.807, 2.05) is 48.5 Å². The number of fused-ring (bicyclic) bond motifs is 3. The Kier molecular flexibility index (Phi) is 18.7. The third-order valence-electron chi connectivity index (χ3n) is 7.21. The Morgan fingerprint density at radius 2 is 1.21 bits per heavy atom. The molecule has 0 aromatic heterocycles. The van der Waals surface area contributed by atoms with Crippen LogP contribution in [0.3, 0.4) is 0 Å². The molecule has 1 atom stereocenters. The van der Waals surface area contributed by atoms with Crippen LogP contribution in [0.5, 0.6) is 0 Å². The first-order valence-corrected chi connectivity index (χ1v) is 16.0. The first-order valence-electron chi connectivity index (χ1n) is 16.0. The second-order valence-electron chi connectivity index (χ2n) is 10.6. The maximum absolute atomic E-state index is 12.5. The molecule has 0 saturated heterocycles. The molecule has 0 bridgehead atoms. The highest BCUT2D eigenvalue weighted by molar-refractivity contribution is 5.82. The molecule has 0 unspecified atom stereocenters. The molecule has 0 aliphatic heterocycles. The minimum Gasteiger partial charge on any atom is -0.480 e. The number of benzene rings is 2. The van der Waals surface area contributed by atoms with Gasteiger partial charge in [-0.15, -0.1) is 6.42 Å².